The Balaban J connectivity index is 1.97. The van der Waals surface area contributed by atoms with Gasteiger partial charge in [-0.05, 0) is 42.5 Å². The largest absolute Gasteiger partial charge is 0.496 e. The summed E-state index contributed by atoms with van der Waals surface area (Å²) in [4.78, 5) is 0. The average Bonchev–Trinajstić information content (AvgIpc) is 2.67. The summed E-state index contributed by atoms with van der Waals surface area (Å²) in [5.74, 6) is -1.03. The standard InChI is InChI=1S/C22H23F3O2/c1-26-20-10-14(8-9-17-18(24)12-16(23)13-19(17)25)11-21(27-2)22(20)15-6-4-3-5-7-15/h8-13,15H,3-7H2,1-2H3. The molecule has 27 heavy (non-hydrogen) atoms. The van der Waals surface area contributed by atoms with E-state index in [-0.39, 0.29) is 5.56 Å². The molecule has 144 valence electrons. The zero-order valence-corrected chi connectivity index (χ0v) is 15.5. The summed E-state index contributed by atoms with van der Waals surface area (Å²) in [5.41, 5.74) is 1.45. The first kappa shape index (κ1) is 19.3. The van der Waals surface area contributed by atoms with Crippen molar-refractivity contribution in [3.8, 4) is 11.5 Å². The molecule has 1 saturated carbocycles. The van der Waals surface area contributed by atoms with Crippen LogP contribution < -0.4 is 9.47 Å². The fourth-order valence-electron chi connectivity index (χ4n) is 3.74. The summed E-state index contributed by atoms with van der Waals surface area (Å²) in [6.07, 6.45) is 8.65. The Morgan fingerprint density at radius 1 is 0.815 bits per heavy atom. The average molecular weight is 376 g/mol. The van der Waals surface area contributed by atoms with Crippen molar-refractivity contribution in [3.63, 3.8) is 0 Å². The SMILES string of the molecule is COc1cc(C=Cc2c(F)cc(F)cc2F)cc(OC)c1C1CCCCC1. The molecule has 5 heteroatoms. The highest BCUT2D eigenvalue weighted by Crippen LogP contribution is 2.43. The lowest BCUT2D eigenvalue weighted by atomic mass is 9.82. The van der Waals surface area contributed by atoms with Crippen molar-refractivity contribution in [1.82, 2.24) is 0 Å². The maximum Gasteiger partial charge on any atom is 0.136 e. The molecule has 0 aliphatic heterocycles. The molecule has 0 unspecified atom stereocenters. The molecule has 0 radical (unpaired) electrons. The van der Waals surface area contributed by atoms with E-state index in [9.17, 15) is 13.2 Å². The molecule has 0 heterocycles. The molecular formula is C22H23F3O2. The molecule has 3 rings (SSSR count). The Kier molecular flexibility index (Phi) is 6.09. The van der Waals surface area contributed by atoms with Gasteiger partial charge in [0.25, 0.3) is 0 Å². The van der Waals surface area contributed by atoms with Crippen molar-refractivity contribution in [2.24, 2.45) is 0 Å². The third-order valence-corrected chi connectivity index (χ3v) is 5.07. The van der Waals surface area contributed by atoms with E-state index in [0.29, 0.717) is 35.1 Å². The summed E-state index contributed by atoms with van der Waals surface area (Å²) in [6.45, 7) is 0. The van der Waals surface area contributed by atoms with E-state index in [4.69, 9.17) is 9.47 Å². The minimum Gasteiger partial charge on any atom is -0.496 e. The summed E-state index contributed by atoms with van der Waals surface area (Å²) in [6, 6.07) is 5.00. The second-order valence-electron chi connectivity index (χ2n) is 6.79. The van der Waals surface area contributed by atoms with Gasteiger partial charge in [0.05, 0.1) is 14.2 Å². The quantitative estimate of drug-likeness (QED) is 0.567. The summed E-state index contributed by atoms with van der Waals surface area (Å²) in [7, 11) is 3.21. The van der Waals surface area contributed by atoms with Crippen LogP contribution in [0, 0.1) is 17.5 Å². The Bertz CT molecular complexity index is 791. The van der Waals surface area contributed by atoms with Gasteiger partial charge >= 0.3 is 0 Å². The van der Waals surface area contributed by atoms with Crippen molar-refractivity contribution in [1.29, 1.82) is 0 Å². The highest BCUT2D eigenvalue weighted by Gasteiger charge is 2.23. The molecule has 1 aliphatic carbocycles. The molecular weight excluding hydrogens is 353 g/mol. The number of halogens is 3. The first-order valence-corrected chi connectivity index (χ1v) is 9.12. The van der Waals surface area contributed by atoms with E-state index >= 15 is 0 Å². The first-order valence-electron chi connectivity index (χ1n) is 9.12. The van der Waals surface area contributed by atoms with Crippen LogP contribution in [0.25, 0.3) is 12.2 Å². The van der Waals surface area contributed by atoms with E-state index < -0.39 is 17.5 Å². The maximum absolute atomic E-state index is 13.8. The monoisotopic (exact) mass is 376 g/mol. The van der Waals surface area contributed by atoms with Gasteiger partial charge < -0.3 is 9.47 Å². The van der Waals surface area contributed by atoms with E-state index in [1.807, 2.05) is 12.1 Å². The predicted molar refractivity (Wildman–Crippen MR) is 101 cm³/mol. The molecule has 0 atom stereocenters. The Labute approximate surface area is 157 Å². The summed E-state index contributed by atoms with van der Waals surface area (Å²) >= 11 is 0. The van der Waals surface area contributed by atoms with E-state index in [2.05, 4.69) is 0 Å². The van der Waals surface area contributed by atoms with Crippen LogP contribution in [-0.4, -0.2) is 14.2 Å². The van der Waals surface area contributed by atoms with Gasteiger partial charge in [-0.15, -0.1) is 0 Å². The van der Waals surface area contributed by atoms with Crippen molar-refractivity contribution < 1.29 is 22.6 Å². The molecule has 2 aromatic rings. The van der Waals surface area contributed by atoms with Crippen LogP contribution in [0.5, 0.6) is 11.5 Å². The number of hydrogen-bond donors (Lipinski definition) is 0. The molecule has 1 aliphatic rings. The van der Waals surface area contributed by atoms with Crippen molar-refractivity contribution in [2.75, 3.05) is 14.2 Å². The molecule has 0 spiro atoms. The van der Waals surface area contributed by atoms with Crippen LogP contribution >= 0.6 is 0 Å². The number of benzene rings is 2. The minimum atomic E-state index is -0.943. The fourth-order valence-corrected chi connectivity index (χ4v) is 3.74. The molecule has 0 N–H and O–H groups in total. The molecule has 1 fully saturated rings. The molecule has 0 bridgehead atoms. The third-order valence-electron chi connectivity index (χ3n) is 5.07. The number of methoxy groups -OCH3 is 2. The minimum absolute atomic E-state index is 0.286. The van der Waals surface area contributed by atoms with Crippen molar-refractivity contribution >= 4 is 12.2 Å². The predicted octanol–water partition coefficient (Wildman–Crippen LogP) is 6.34. The zero-order valence-electron chi connectivity index (χ0n) is 15.5. The van der Waals surface area contributed by atoms with E-state index in [1.165, 1.54) is 25.3 Å². The Morgan fingerprint density at radius 3 is 1.89 bits per heavy atom. The second-order valence-corrected chi connectivity index (χ2v) is 6.79. The topological polar surface area (TPSA) is 18.5 Å². The van der Waals surface area contributed by atoms with E-state index in [1.54, 1.807) is 20.3 Å². The number of hydrogen-bond acceptors (Lipinski definition) is 2. The number of rotatable bonds is 5. The van der Waals surface area contributed by atoms with Crippen LogP contribution in [0.2, 0.25) is 0 Å². The lowest BCUT2D eigenvalue weighted by Gasteiger charge is -2.26. The van der Waals surface area contributed by atoms with Gasteiger partial charge in [-0.2, -0.15) is 0 Å². The van der Waals surface area contributed by atoms with Crippen molar-refractivity contribution in [3.05, 3.63) is 58.4 Å². The maximum atomic E-state index is 13.8. The highest BCUT2D eigenvalue weighted by molar-refractivity contribution is 5.72. The van der Waals surface area contributed by atoms with Crippen LogP contribution in [0.1, 0.15) is 54.7 Å². The Hall–Kier alpha value is -2.43. The normalized spacial score (nSPS) is 15.3. The van der Waals surface area contributed by atoms with Gasteiger partial charge in [-0.3, -0.25) is 0 Å². The van der Waals surface area contributed by atoms with Gasteiger partial charge in [-0.1, -0.05) is 25.3 Å². The molecule has 0 aromatic heterocycles. The van der Waals surface area contributed by atoms with Crippen LogP contribution in [0.15, 0.2) is 24.3 Å². The van der Waals surface area contributed by atoms with Crippen LogP contribution in [0.3, 0.4) is 0 Å². The van der Waals surface area contributed by atoms with Gasteiger partial charge in [-0.25, -0.2) is 13.2 Å². The summed E-state index contributed by atoms with van der Waals surface area (Å²) < 4.78 is 51.9. The third kappa shape index (κ3) is 4.29. The zero-order chi connectivity index (χ0) is 19.4. The van der Waals surface area contributed by atoms with Crippen LogP contribution in [0.4, 0.5) is 13.2 Å². The second kappa shape index (κ2) is 8.51. The molecule has 0 amide bonds. The Morgan fingerprint density at radius 2 is 1.37 bits per heavy atom. The van der Waals surface area contributed by atoms with Gasteiger partial charge in [0.2, 0.25) is 0 Å². The lowest BCUT2D eigenvalue weighted by Crippen LogP contribution is -2.08. The number of ether oxygens (including phenoxy) is 2. The highest BCUT2D eigenvalue weighted by atomic mass is 19.1. The van der Waals surface area contributed by atoms with E-state index in [0.717, 1.165) is 18.4 Å². The van der Waals surface area contributed by atoms with Crippen LogP contribution in [-0.2, 0) is 0 Å². The smallest absolute Gasteiger partial charge is 0.136 e. The summed E-state index contributed by atoms with van der Waals surface area (Å²) in [5, 5.41) is 0. The van der Waals surface area contributed by atoms with Crippen molar-refractivity contribution in [2.45, 2.75) is 38.0 Å². The first-order chi connectivity index (χ1) is 13.0. The van der Waals surface area contributed by atoms with Gasteiger partial charge in [0.15, 0.2) is 0 Å². The molecule has 0 saturated heterocycles. The van der Waals surface area contributed by atoms with Gasteiger partial charge in [0, 0.05) is 23.3 Å². The lowest BCUT2D eigenvalue weighted by molar-refractivity contribution is 0.359. The fraction of sp³-hybridized carbons (Fsp3) is 0.364. The van der Waals surface area contributed by atoms with Gasteiger partial charge in [0.1, 0.15) is 29.0 Å². The molecule has 2 nitrogen and oxygen atoms in total. The molecule has 2 aromatic carbocycles.